The normalized spacial score (nSPS) is 16.4. The molecular formula is C25H43NO4. The van der Waals surface area contributed by atoms with Crippen LogP contribution in [-0.4, -0.2) is 35.6 Å². The minimum absolute atomic E-state index is 0.0446. The molecule has 0 heterocycles. The summed E-state index contributed by atoms with van der Waals surface area (Å²) in [5.41, 5.74) is 9.20. The molecule has 0 aromatic heterocycles. The molecule has 2 atom stereocenters. The van der Waals surface area contributed by atoms with Gasteiger partial charge in [0.05, 0.1) is 0 Å². The number of allylic oxidation sites excluding steroid dienone is 8. The van der Waals surface area contributed by atoms with E-state index in [1.165, 1.54) is 23.1 Å². The van der Waals surface area contributed by atoms with Crippen LogP contribution in [0.4, 0.5) is 0 Å². The summed E-state index contributed by atoms with van der Waals surface area (Å²) in [5.74, 6) is -0.144. The molecule has 0 aliphatic heterocycles. The molecule has 0 radical (unpaired) electrons. The Balaban J connectivity index is 0.00000103. The molecule has 0 saturated heterocycles. The van der Waals surface area contributed by atoms with Gasteiger partial charge in [-0.1, -0.05) is 49.8 Å². The van der Waals surface area contributed by atoms with Crippen LogP contribution in [-0.2, 0) is 9.53 Å². The average Bonchev–Trinajstić information content (AvgIpc) is 2.74. The molecular weight excluding hydrogens is 378 g/mol. The van der Waals surface area contributed by atoms with Crippen LogP contribution in [0.15, 0.2) is 47.1 Å². The average molecular weight is 422 g/mol. The number of nitrogens with two attached hydrogens (primary N) is 1. The van der Waals surface area contributed by atoms with Gasteiger partial charge in [0.2, 0.25) is 5.91 Å². The van der Waals surface area contributed by atoms with E-state index in [0.717, 1.165) is 32.1 Å². The number of hydrogen-bond donors (Lipinski definition) is 3. The van der Waals surface area contributed by atoms with Gasteiger partial charge in [-0.2, -0.15) is 0 Å². The van der Waals surface area contributed by atoms with Crippen LogP contribution in [0, 0.1) is 5.92 Å². The van der Waals surface area contributed by atoms with E-state index in [1.807, 2.05) is 6.92 Å². The molecule has 30 heavy (non-hydrogen) atoms. The van der Waals surface area contributed by atoms with E-state index in [4.69, 9.17) is 15.6 Å². The second kappa shape index (κ2) is 18.1. The molecule has 172 valence electrons. The fourth-order valence-electron chi connectivity index (χ4n) is 3.20. The highest BCUT2D eigenvalue weighted by Gasteiger charge is 2.14. The van der Waals surface area contributed by atoms with Crippen molar-refractivity contribution in [2.75, 3.05) is 13.2 Å². The Morgan fingerprint density at radius 2 is 2.00 bits per heavy atom. The third-order valence-corrected chi connectivity index (χ3v) is 5.08. The number of hydrogen-bond acceptors (Lipinski definition) is 4. The van der Waals surface area contributed by atoms with Crippen LogP contribution >= 0.6 is 0 Å². The summed E-state index contributed by atoms with van der Waals surface area (Å²) in [6.45, 7) is 8.88. The van der Waals surface area contributed by atoms with Gasteiger partial charge in [-0.15, -0.1) is 0 Å². The monoisotopic (exact) mass is 421 g/mol. The van der Waals surface area contributed by atoms with Crippen molar-refractivity contribution >= 4 is 5.91 Å². The Labute approximate surface area is 183 Å². The second-order valence-electron chi connectivity index (χ2n) is 7.60. The number of aliphatic hydroxyl groups is 2. The zero-order valence-corrected chi connectivity index (χ0v) is 19.4. The summed E-state index contributed by atoms with van der Waals surface area (Å²) in [7, 11) is 0. The first-order chi connectivity index (χ1) is 14.4. The van der Waals surface area contributed by atoms with Crippen LogP contribution in [0.25, 0.3) is 0 Å². The van der Waals surface area contributed by atoms with Crippen molar-refractivity contribution in [2.45, 2.75) is 85.4 Å². The third-order valence-electron chi connectivity index (χ3n) is 5.08. The molecule has 5 heteroatoms. The predicted octanol–water partition coefficient (Wildman–Crippen LogP) is 4.95. The second-order valence-corrected chi connectivity index (χ2v) is 7.60. The first-order valence-corrected chi connectivity index (χ1v) is 11.3. The fourth-order valence-corrected chi connectivity index (χ4v) is 3.20. The summed E-state index contributed by atoms with van der Waals surface area (Å²) in [4.78, 5) is 9.87. The third kappa shape index (κ3) is 13.5. The number of rotatable bonds is 13. The maximum absolute atomic E-state index is 9.87. The fraction of sp³-hybridized carbons (Fsp3) is 0.640. The Bertz CT molecular complexity index is 590. The van der Waals surface area contributed by atoms with Gasteiger partial charge in [-0.05, 0) is 69.9 Å². The molecule has 2 unspecified atom stereocenters. The highest BCUT2D eigenvalue weighted by atomic mass is 16.6. The quantitative estimate of drug-likeness (QED) is 0.290. The zero-order chi connectivity index (χ0) is 22.8. The van der Waals surface area contributed by atoms with E-state index < -0.39 is 6.29 Å². The van der Waals surface area contributed by atoms with Gasteiger partial charge in [0.15, 0.2) is 6.29 Å². The van der Waals surface area contributed by atoms with Crippen molar-refractivity contribution in [1.29, 1.82) is 0 Å². The van der Waals surface area contributed by atoms with E-state index in [1.54, 1.807) is 0 Å². The van der Waals surface area contributed by atoms with Crippen molar-refractivity contribution in [3.8, 4) is 0 Å². The van der Waals surface area contributed by atoms with E-state index in [0.29, 0.717) is 13.0 Å². The molecule has 0 aromatic carbocycles. The maximum Gasteiger partial charge on any atom is 0.217 e. The summed E-state index contributed by atoms with van der Waals surface area (Å²) < 4.78 is 5.25. The molecule has 1 aliphatic carbocycles. The number of carbonyl (C=O) groups excluding carboxylic acids is 1. The molecule has 0 aromatic rings. The van der Waals surface area contributed by atoms with E-state index in [9.17, 15) is 9.90 Å². The van der Waals surface area contributed by atoms with Crippen molar-refractivity contribution in [3.05, 3.63) is 47.1 Å². The first kappa shape index (κ1) is 28.3. The van der Waals surface area contributed by atoms with E-state index in [2.05, 4.69) is 51.2 Å². The molecule has 0 fully saturated rings. The number of aliphatic hydroxyl groups excluding tert-OH is 2. The molecule has 0 spiro atoms. The van der Waals surface area contributed by atoms with Gasteiger partial charge < -0.3 is 20.7 Å². The maximum atomic E-state index is 9.87. The molecule has 4 N–H and O–H groups in total. The summed E-state index contributed by atoms with van der Waals surface area (Å²) in [6.07, 6.45) is 17.9. The minimum Gasteiger partial charge on any atom is -0.396 e. The molecule has 0 saturated carbocycles. The van der Waals surface area contributed by atoms with Crippen LogP contribution < -0.4 is 5.73 Å². The number of primary amides is 1. The van der Waals surface area contributed by atoms with E-state index >= 15 is 0 Å². The highest BCUT2D eigenvalue weighted by molar-refractivity contribution is 5.73. The predicted molar refractivity (Wildman–Crippen MR) is 125 cm³/mol. The van der Waals surface area contributed by atoms with Gasteiger partial charge >= 0.3 is 0 Å². The Morgan fingerprint density at radius 3 is 2.47 bits per heavy atom. The molecule has 5 nitrogen and oxygen atoms in total. The smallest absolute Gasteiger partial charge is 0.217 e. The van der Waals surface area contributed by atoms with Crippen LogP contribution in [0.1, 0.15) is 79.1 Å². The highest BCUT2D eigenvalue weighted by Crippen LogP contribution is 2.28. The van der Waals surface area contributed by atoms with Gasteiger partial charge in [0, 0.05) is 25.6 Å². The lowest BCUT2D eigenvalue weighted by Gasteiger charge is -2.20. The van der Waals surface area contributed by atoms with Gasteiger partial charge in [0.1, 0.15) is 0 Å². The lowest BCUT2D eigenvalue weighted by atomic mass is 9.89. The van der Waals surface area contributed by atoms with Crippen LogP contribution in [0.2, 0.25) is 0 Å². The molecule has 1 rings (SSSR count). The topological polar surface area (TPSA) is 92.8 Å². The van der Waals surface area contributed by atoms with Crippen molar-refractivity contribution in [1.82, 2.24) is 0 Å². The standard InChI is InChI=1S/C21H34O2.C4H9NO2/c1-5-8-12-19(6-2)20-15-13-18(14-16-20)11-9-10-17(4)21(22)23-7-3;5-4(7)2-1-3-6/h5,8,12-13,15,17,21-22H,6-7,9-11,14,16H2,1-4H3;6H,1-3H2,(H2,5,7)/b8-5-,19-12+;. The van der Waals surface area contributed by atoms with Gasteiger partial charge in [-0.3, -0.25) is 4.79 Å². The van der Waals surface area contributed by atoms with Gasteiger partial charge in [0.25, 0.3) is 0 Å². The van der Waals surface area contributed by atoms with Crippen molar-refractivity contribution < 1.29 is 19.7 Å². The number of ether oxygens (including phenoxy) is 1. The van der Waals surface area contributed by atoms with E-state index in [-0.39, 0.29) is 24.9 Å². The Morgan fingerprint density at radius 1 is 1.27 bits per heavy atom. The summed E-state index contributed by atoms with van der Waals surface area (Å²) in [5, 5.41) is 17.9. The van der Waals surface area contributed by atoms with Crippen LogP contribution in [0.5, 0.6) is 0 Å². The van der Waals surface area contributed by atoms with Gasteiger partial charge in [-0.25, -0.2) is 0 Å². The number of carbonyl (C=O) groups is 1. The van der Waals surface area contributed by atoms with Crippen molar-refractivity contribution in [3.63, 3.8) is 0 Å². The molecule has 0 bridgehead atoms. The number of amides is 1. The lowest BCUT2D eigenvalue weighted by Crippen LogP contribution is -2.21. The Kier molecular flexibility index (Phi) is 17.1. The zero-order valence-electron chi connectivity index (χ0n) is 19.4. The summed E-state index contributed by atoms with van der Waals surface area (Å²) >= 11 is 0. The lowest BCUT2D eigenvalue weighted by molar-refractivity contribution is -0.127. The molecule has 1 aliphatic rings. The van der Waals surface area contributed by atoms with Crippen molar-refractivity contribution in [2.24, 2.45) is 11.7 Å². The summed E-state index contributed by atoms with van der Waals surface area (Å²) in [6, 6.07) is 0. The molecule has 1 amide bonds. The SMILES string of the molecule is C/C=C\C=C(/CC)C1=CC=C(CCCC(C)C(O)OCC)CC1.NC(=O)CCCO. The minimum atomic E-state index is -0.615. The Hall–Kier alpha value is -1.69. The van der Waals surface area contributed by atoms with Crippen LogP contribution in [0.3, 0.4) is 0 Å². The first-order valence-electron chi connectivity index (χ1n) is 11.3. The largest absolute Gasteiger partial charge is 0.396 e.